The van der Waals surface area contributed by atoms with Gasteiger partial charge in [0.2, 0.25) is 0 Å². The standard InChI is InChI=1S/C15H24N2O2/c1-12(2)16-9-4-8-14(16)15(19)17(10-5-11-18)13-6-3-7-13/h4,8-9,12-13,18H,3,5-7,10-11H2,1-2H3. The van der Waals surface area contributed by atoms with E-state index in [9.17, 15) is 4.79 Å². The molecule has 0 spiro atoms. The molecule has 4 nitrogen and oxygen atoms in total. The number of hydrogen-bond donors (Lipinski definition) is 1. The van der Waals surface area contributed by atoms with E-state index in [1.54, 1.807) is 0 Å². The SMILES string of the molecule is CC(C)n1cccc1C(=O)N(CCCO)C1CCC1. The maximum absolute atomic E-state index is 12.7. The number of carbonyl (C=O) groups excluding carboxylic acids is 1. The maximum atomic E-state index is 12.7. The van der Waals surface area contributed by atoms with Gasteiger partial charge in [-0.05, 0) is 51.7 Å². The van der Waals surface area contributed by atoms with Crippen molar-refractivity contribution in [1.82, 2.24) is 9.47 Å². The van der Waals surface area contributed by atoms with Crippen LogP contribution in [-0.4, -0.2) is 39.7 Å². The maximum Gasteiger partial charge on any atom is 0.270 e. The van der Waals surface area contributed by atoms with Gasteiger partial charge >= 0.3 is 0 Å². The third-order valence-corrected chi connectivity index (χ3v) is 3.89. The number of carbonyl (C=O) groups is 1. The molecule has 1 aliphatic carbocycles. The van der Waals surface area contributed by atoms with Crippen molar-refractivity contribution in [3.8, 4) is 0 Å². The highest BCUT2D eigenvalue weighted by atomic mass is 16.3. The summed E-state index contributed by atoms with van der Waals surface area (Å²) in [5, 5.41) is 9.00. The lowest BCUT2D eigenvalue weighted by Gasteiger charge is -2.38. The van der Waals surface area contributed by atoms with E-state index in [4.69, 9.17) is 5.11 Å². The van der Waals surface area contributed by atoms with Crippen LogP contribution >= 0.6 is 0 Å². The van der Waals surface area contributed by atoms with Crippen LogP contribution in [0.2, 0.25) is 0 Å². The average molecular weight is 264 g/mol. The van der Waals surface area contributed by atoms with Crippen molar-refractivity contribution >= 4 is 5.91 Å². The Balaban J connectivity index is 2.15. The van der Waals surface area contributed by atoms with E-state index in [0.29, 0.717) is 19.0 Å². The van der Waals surface area contributed by atoms with Gasteiger partial charge in [0.05, 0.1) is 0 Å². The van der Waals surface area contributed by atoms with Gasteiger partial charge in [0, 0.05) is 31.4 Å². The normalized spacial score (nSPS) is 15.6. The minimum atomic E-state index is 0.108. The van der Waals surface area contributed by atoms with Gasteiger partial charge in [0.15, 0.2) is 0 Å². The fraction of sp³-hybridized carbons (Fsp3) is 0.667. The van der Waals surface area contributed by atoms with Crippen molar-refractivity contribution in [2.24, 2.45) is 0 Å². The Labute approximate surface area is 115 Å². The molecule has 1 aromatic heterocycles. The Morgan fingerprint density at radius 2 is 2.26 bits per heavy atom. The predicted molar refractivity (Wildman–Crippen MR) is 75.2 cm³/mol. The zero-order valence-electron chi connectivity index (χ0n) is 11.9. The molecule has 0 bridgehead atoms. The molecule has 0 aliphatic heterocycles. The lowest BCUT2D eigenvalue weighted by molar-refractivity contribution is 0.0550. The van der Waals surface area contributed by atoms with Crippen molar-refractivity contribution in [3.05, 3.63) is 24.0 Å². The van der Waals surface area contributed by atoms with Crippen LogP contribution in [0.1, 0.15) is 56.1 Å². The number of aliphatic hydroxyl groups is 1. The van der Waals surface area contributed by atoms with Crippen LogP contribution in [-0.2, 0) is 0 Å². The predicted octanol–water partition coefficient (Wildman–Crippen LogP) is 2.45. The van der Waals surface area contributed by atoms with E-state index < -0.39 is 0 Å². The first-order valence-corrected chi connectivity index (χ1v) is 7.23. The molecule has 4 heteroatoms. The van der Waals surface area contributed by atoms with Gasteiger partial charge in [-0.3, -0.25) is 4.79 Å². The first-order valence-electron chi connectivity index (χ1n) is 7.23. The van der Waals surface area contributed by atoms with Crippen LogP contribution in [0.25, 0.3) is 0 Å². The number of aromatic nitrogens is 1. The Morgan fingerprint density at radius 1 is 1.53 bits per heavy atom. The van der Waals surface area contributed by atoms with Gasteiger partial charge in [0.25, 0.3) is 5.91 Å². The Morgan fingerprint density at radius 3 is 2.79 bits per heavy atom. The summed E-state index contributed by atoms with van der Waals surface area (Å²) in [7, 11) is 0. The van der Waals surface area contributed by atoms with Gasteiger partial charge in [-0.2, -0.15) is 0 Å². The Kier molecular flexibility index (Phi) is 4.64. The summed E-state index contributed by atoms with van der Waals surface area (Å²) in [6, 6.07) is 4.48. The molecule has 1 fully saturated rings. The van der Waals surface area contributed by atoms with E-state index in [-0.39, 0.29) is 18.6 Å². The summed E-state index contributed by atoms with van der Waals surface area (Å²) in [5.74, 6) is 0.108. The van der Waals surface area contributed by atoms with Crippen molar-refractivity contribution in [3.63, 3.8) is 0 Å². The second kappa shape index (κ2) is 6.24. The van der Waals surface area contributed by atoms with E-state index in [1.165, 1.54) is 6.42 Å². The molecule has 0 aromatic carbocycles. The summed E-state index contributed by atoms with van der Waals surface area (Å²) in [6.07, 6.45) is 6.02. The van der Waals surface area contributed by atoms with Crippen LogP contribution < -0.4 is 0 Å². The molecule has 19 heavy (non-hydrogen) atoms. The molecule has 1 N–H and O–H groups in total. The smallest absolute Gasteiger partial charge is 0.270 e. The van der Waals surface area contributed by atoms with Gasteiger partial charge in [-0.25, -0.2) is 0 Å². The highest BCUT2D eigenvalue weighted by Gasteiger charge is 2.30. The van der Waals surface area contributed by atoms with Crippen molar-refractivity contribution in [1.29, 1.82) is 0 Å². The largest absolute Gasteiger partial charge is 0.396 e. The van der Waals surface area contributed by atoms with Crippen molar-refractivity contribution in [2.75, 3.05) is 13.2 Å². The van der Waals surface area contributed by atoms with Crippen LogP contribution in [0.5, 0.6) is 0 Å². The molecule has 0 saturated heterocycles. The molecule has 1 aliphatic rings. The molecule has 0 radical (unpaired) electrons. The van der Waals surface area contributed by atoms with Crippen LogP contribution in [0.3, 0.4) is 0 Å². The third-order valence-electron chi connectivity index (χ3n) is 3.89. The first-order chi connectivity index (χ1) is 9.15. The lowest BCUT2D eigenvalue weighted by atomic mass is 9.91. The molecule has 106 valence electrons. The highest BCUT2D eigenvalue weighted by Crippen LogP contribution is 2.27. The summed E-state index contributed by atoms with van der Waals surface area (Å²) in [6.45, 7) is 4.96. The average Bonchev–Trinajstić information content (AvgIpc) is 2.80. The zero-order chi connectivity index (χ0) is 13.8. The first kappa shape index (κ1) is 14.1. The molecule has 1 heterocycles. The molecule has 2 rings (SSSR count). The van der Waals surface area contributed by atoms with Crippen LogP contribution in [0.4, 0.5) is 0 Å². The minimum Gasteiger partial charge on any atom is -0.396 e. The molecule has 0 atom stereocenters. The molecule has 1 saturated carbocycles. The summed E-state index contributed by atoms with van der Waals surface area (Å²) < 4.78 is 2.02. The molecule has 0 unspecified atom stereocenters. The molecule has 1 amide bonds. The van der Waals surface area contributed by atoms with Crippen LogP contribution in [0, 0.1) is 0 Å². The highest BCUT2D eigenvalue weighted by molar-refractivity contribution is 5.93. The Hall–Kier alpha value is -1.29. The van der Waals surface area contributed by atoms with Gasteiger partial charge in [-0.15, -0.1) is 0 Å². The van der Waals surface area contributed by atoms with Gasteiger partial charge in [0.1, 0.15) is 5.69 Å². The lowest BCUT2D eigenvalue weighted by Crippen LogP contribution is -2.45. The van der Waals surface area contributed by atoms with Crippen molar-refractivity contribution in [2.45, 2.75) is 51.6 Å². The summed E-state index contributed by atoms with van der Waals surface area (Å²) >= 11 is 0. The second-order valence-electron chi connectivity index (χ2n) is 5.55. The second-order valence-corrected chi connectivity index (χ2v) is 5.55. The number of aliphatic hydroxyl groups excluding tert-OH is 1. The molecular formula is C15H24N2O2. The number of hydrogen-bond acceptors (Lipinski definition) is 2. The third kappa shape index (κ3) is 3.00. The summed E-state index contributed by atoms with van der Waals surface area (Å²) in [5.41, 5.74) is 0.764. The number of rotatable bonds is 6. The molecular weight excluding hydrogens is 240 g/mol. The van der Waals surface area contributed by atoms with Crippen molar-refractivity contribution < 1.29 is 9.90 Å². The van der Waals surface area contributed by atoms with E-state index >= 15 is 0 Å². The number of nitrogens with zero attached hydrogens (tertiary/aromatic N) is 2. The zero-order valence-corrected chi connectivity index (χ0v) is 11.9. The topological polar surface area (TPSA) is 45.5 Å². The number of amides is 1. The minimum absolute atomic E-state index is 0.108. The van der Waals surface area contributed by atoms with Gasteiger partial charge in [-0.1, -0.05) is 0 Å². The quantitative estimate of drug-likeness (QED) is 0.857. The van der Waals surface area contributed by atoms with E-state index in [1.807, 2.05) is 27.8 Å². The van der Waals surface area contributed by atoms with E-state index in [2.05, 4.69) is 13.8 Å². The molecule has 1 aromatic rings. The Bertz CT molecular complexity index is 422. The van der Waals surface area contributed by atoms with E-state index in [0.717, 1.165) is 18.5 Å². The van der Waals surface area contributed by atoms with Crippen LogP contribution in [0.15, 0.2) is 18.3 Å². The fourth-order valence-electron chi connectivity index (χ4n) is 2.56. The summed E-state index contributed by atoms with van der Waals surface area (Å²) in [4.78, 5) is 14.6. The van der Waals surface area contributed by atoms with Gasteiger partial charge < -0.3 is 14.6 Å². The monoisotopic (exact) mass is 264 g/mol. The fourth-order valence-corrected chi connectivity index (χ4v) is 2.56.